The lowest BCUT2D eigenvalue weighted by Crippen LogP contribution is -2.28. The van der Waals surface area contributed by atoms with Gasteiger partial charge >= 0.3 is 0 Å². The van der Waals surface area contributed by atoms with Gasteiger partial charge in [0.25, 0.3) is 0 Å². The monoisotopic (exact) mass is 286 g/mol. The summed E-state index contributed by atoms with van der Waals surface area (Å²) < 4.78 is 5.69. The van der Waals surface area contributed by atoms with Gasteiger partial charge in [-0.05, 0) is 32.0 Å². The molecule has 3 rings (SSSR count). The van der Waals surface area contributed by atoms with Crippen LogP contribution >= 0.6 is 0 Å². The first-order valence-corrected chi connectivity index (χ1v) is 7.61. The van der Waals surface area contributed by atoms with Crippen molar-refractivity contribution in [2.45, 2.75) is 13.3 Å². The molecule has 0 saturated carbocycles. The number of nitrogens with zero attached hydrogens (tertiary/aromatic N) is 2. The summed E-state index contributed by atoms with van der Waals surface area (Å²) in [5.41, 5.74) is 2.07. The molecule has 112 valence electrons. The van der Waals surface area contributed by atoms with Crippen molar-refractivity contribution < 1.29 is 4.74 Å². The standard InChI is InChI=1S/C16H22N4O/c1-2-21-15-7-4-3-6-13(15)14-12-16(19-18-14)20-10-5-8-17-9-11-20/h3-4,6-7,12,17H,2,5,8-11H2,1H3,(H,18,19). The van der Waals surface area contributed by atoms with Crippen molar-refractivity contribution in [3.8, 4) is 17.0 Å². The lowest BCUT2D eigenvalue weighted by Gasteiger charge is -2.18. The maximum atomic E-state index is 5.69. The van der Waals surface area contributed by atoms with Crippen molar-refractivity contribution in [3.05, 3.63) is 30.3 Å². The summed E-state index contributed by atoms with van der Waals surface area (Å²) in [5.74, 6) is 1.91. The van der Waals surface area contributed by atoms with E-state index >= 15 is 0 Å². The van der Waals surface area contributed by atoms with Gasteiger partial charge in [-0.1, -0.05) is 12.1 Å². The minimum absolute atomic E-state index is 0.663. The van der Waals surface area contributed by atoms with Crippen LogP contribution in [0.4, 0.5) is 5.82 Å². The van der Waals surface area contributed by atoms with E-state index < -0.39 is 0 Å². The third-order valence-electron chi connectivity index (χ3n) is 3.71. The summed E-state index contributed by atoms with van der Waals surface area (Å²) in [7, 11) is 0. The lowest BCUT2D eigenvalue weighted by molar-refractivity contribution is 0.341. The van der Waals surface area contributed by atoms with Crippen LogP contribution in [-0.4, -0.2) is 43.0 Å². The Morgan fingerprint density at radius 2 is 2.14 bits per heavy atom. The molecule has 0 amide bonds. The van der Waals surface area contributed by atoms with E-state index in [0.717, 1.165) is 55.4 Å². The Labute approximate surface area is 125 Å². The molecule has 0 bridgehead atoms. The Balaban J connectivity index is 1.84. The van der Waals surface area contributed by atoms with Crippen LogP contribution in [0.15, 0.2) is 30.3 Å². The molecule has 1 aliphatic rings. The van der Waals surface area contributed by atoms with Crippen LogP contribution in [0.3, 0.4) is 0 Å². The number of H-pyrrole nitrogens is 1. The molecule has 1 saturated heterocycles. The average molecular weight is 286 g/mol. The molecule has 0 atom stereocenters. The highest BCUT2D eigenvalue weighted by molar-refractivity contribution is 5.69. The van der Waals surface area contributed by atoms with Crippen LogP contribution in [0.1, 0.15) is 13.3 Å². The fourth-order valence-electron chi connectivity index (χ4n) is 2.66. The molecule has 1 aliphatic heterocycles. The third kappa shape index (κ3) is 3.19. The molecule has 2 heterocycles. The molecular weight excluding hydrogens is 264 g/mol. The molecule has 21 heavy (non-hydrogen) atoms. The van der Waals surface area contributed by atoms with E-state index in [-0.39, 0.29) is 0 Å². The first-order chi connectivity index (χ1) is 10.4. The van der Waals surface area contributed by atoms with Gasteiger partial charge in [0.1, 0.15) is 5.75 Å². The van der Waals surface area contributed by atoms with E-state index in [2.05, 4.69) is 32.5 Å². The smallest absolute Gasteiger partial charge is 0.151 e. The van der Waals surface area contributed by atoms with Crippen LogP contribution in [0.2, 0.25) is 0 Å². The van der Waals surface area contributed by atoms with Gasteiger partial charge in [0.05, 0.1) is 12.3 Å². The number of nitrogens with one attached hydrogen (secondary N) is 2. The van der Waals surface area contributed by atoms with Crippen molar-refractivity contribution in [1.29, 1.82) is 0 Å². The molecule has 0 radical (unpaired) electrons. The van der Waals surface area contributed by atoms with E-state index in [0.29, 0.717) is 6.61 Å². The molecule has 0 aliphatic carbocycles. The van der Waals surface area contributed by atoms with Crippen molar-refractivity contribution in [2.24, 2.45) is 0 Å². The number of anilines is 1. The van der Waals surface area contributed by atoms with Gasteiger partial charge in [0.2, 0.25) is 0 Å². The Morgan fingerprint density at radius 3 is 3.05 bits per heavy atom. The molecule has 2 aromatic rings. The number of hydrogen-bond donors (Lipinski definition) is 2. The van der Waals surface area contributed by atoms with E-state index in [1.807, 2.05) is 25.1 Å². The second kappa shape index (κ2) is 6.63. The predicted molar refractivity (Wildman–Crippen MR) is 84.9 cm³/mol. The van der Waals surface area contributed by atoms with Crippen LogP contribution in [0.25, 0.3) is 11.3 Å². The highest BCUT2D eigenvalue weighted by Crippen LogP contribution is 2.30. The van der Waals surface area contributed by atoms with Gasteiger partial charge in [-0.15, -0.1) is 0 Å². The van der Waals surface area contributed by atoms with Crippen molar-refractivity contribution in [3.63, 3.8) is 0 Å². The van der Waals surface area contributed by atoms with Gasteiger partial charge in [-0.3, -0.25) is 5.10 Å². The average Bonchev–Trinajstić information content (AvgIpc) is 2.84. The molecule has 5 nitrogen and oxygen atoms in total. The molecule has 0 spiro atoms. The lowest BCUT2D eigenvalue weighted by atomic mass is 10.1. The Bertz CT molecular complexity index is 573. The zero-order chi connectivity index (χ0) is 14.5. The summed E-state index contributed by atoms with van der Waals surface area (Å²) in [5, 5.41) is 11.0. The summed E-state index contributed by atoms with van der Waals surface area (Å²) >= 11 is 0. The predicted octanol–water partition coefficient (Wildman–Crippen LogP) is 2.28. The van der Waals surface area contributed by atoms with Crippen molar-refractivity contribution in [1.82, 2.24) is 15.5 Å². The molecule has 1 aromatic carbocycles. The van der Waals surface area contributed by atoms with Gasteiger partial charge in [0.15, 0.2) is 5.82 Å². The number of para-hydroxylation sites is 1. The molecule has 0 unspecified atom stereocenters. The van der Waals surface area contributed by atoms with E-state index in [9.17, 15) is 0 Å². The fraction of sp³-hybridized carbons (Fsp3) is 0.438. The van der Waals surface area contributed by atoms with E-state index in [4.69, 9.17) is 4.74 Å². The number of aromatic amines is 1. The Kier molecular flexibility index (Phi) is 4.40. The number of ether oxygens (including phenoxy) is 1. The summed E-state index contributed by atoms with van der Waals surface area (Å²) in [6, 6.07) is 10.2. The number of rotatable bonds is 4. The highest BCUT2D eigenvalue weighted by Gasteiger charge is 2.14. The Morgan fingerprint density at radius 1 is 1.24 bits per heavy atom. The number of aromatic nitrogens is 2. The topological polar surface area (TPSA) is 53.2 Å². The summed E-state index contributed by atoms with van der Waals surface area (Å²) in [4.78, 5) is 2.32. The maximum Gasteiger partial charge on any atom is 0.151 e. The van der Waals surface area contributed by atoms with Gasteiger partial charge < -0.3 is 15.0 Å². The second-order valence-electron chi connectivity index (χ2n) is 5.16. The zero-order valence-electron chi connectivity index (χ0n) is 12.4. The number of benzene rings is 1. The first kappa shape index (κ1) is 13.9. The summed E-state index contributed by atoms with van der Waals surface area (Å²) in [6.45, 7) is 6.80. The molecule has 5 heteroatoms. The van der Waals surface area contributed by atoms with Crippen molar-refractivity contribution >= 4 is 5.82 Å². The SMILES string of the molecule is CCOc1ccccc1-c1cc(N2CCCNCC2)n[nH]1. The van der Waals surface area contributed by atoms with Gasteiger partial charge in [-0.2, -0.15) is 5.10 Å². The molecule has 1 aromatic heterocycles. The third-order valence-corrected chi connectivity index (χ3v) is 3.71. The van der Waals surface area contributed by atoms with Crippen LogP contribution in [0.5, 0.6) is 5.75 Å². The highest BCUT2D eigenvalue weighted by atomic mass is 16.5. The minimum Gasteiger partial charge on any atom is -0.493 e. The van der Waals surface area contributed by atoms with Crippen LogP contribution < -0.4 is 15.0 Å². The first-order valence-electron chi connectivity index (χ1n) is 7.61. The normalized spacial score (nSPS) is 15.8. The van der Waals surface area contributed by atoms with E-state index in [1.54, 1.807) is 0 Å². The number of hydrogen-bond acceptors (Lipinski definition) is 4. The van der Waals surface area contributed by atoms with Gasteiger partial charge in [-0.25, -0.2) is 0 Å². The van der Waals surface area contributed by atoms with Crippen LogP contribution in [0, 0.1) is 0 Å². The molecule has 2 N–H and O–H groups in total. The molecule has 1 fully saturated rings. The second-order valence-corrected chi connectivity index (χ2v) is 5.16. The summed E-state index contributed by atoms with van der Waals surface area (Å²) in [6.07, 6.45) is 1.15. The fourth-order valence-corrected chi connectivity index (χ4v) is 2.66. The minimum atomic E-state index is 0.663. The van der Waals surface area contributed by atoms with Gasteiger partial charge in [0, 0.05) is 31.3 Å². The maximum absolute atomic E-state index is 5.69. The van der Waals surface area contributed by atoms with Crippen molar-refractivity contribution in [2.75, 3.05) is 37.7 Å². The Hall–Kier alpha value is -2.01. The largest absolute Gasteiger partial charge is 0.493 e. The quantitative estimate of drug-likeness (QED) is 0.905. The zero-order valence-corrected chi connectivity index (χ0v) is 12.4. The van der Waals surface area contributed by atoms with Crippen LogP contribution in [-0.2, 0) is 0 Å². The molecular formula is C16H22N4O. The van der Waals surface area contributed by atoms with E-state index in [1.165, 1.54) is 0 Å².